The maximum atomic E-state index is 13.0. The Balaban J connectivity index is 2.38. The highest BCUT2D eigenvalue weighted by Crippen LogP contribution is 2.32. The Labute approximate surface area is 146 Å². The van der Waals surface area contributed by atoms with Gasteiger partial charge >= 0.3 is 5.97 Å². The molecule has 0 radical (unpaired) electrons. The van der Waals surface area contributed by atoms with Gasteiger partial charge in [0, 0.05) is 17.2 Å². The van der Waals surface area contributed by atoms with Crippen LogP contribution in [0.2, 0.25) is 0 Å². The molecule has 1 N–H and O–H groups in total. The van der Waals surface area contributed by atoms with Gasteiger partial charge in [-0.1, -0.05) is 34.1 Å². The molecule has 0 unspecified atom stereocenters. The van der Waals surface area contributed by atoms with Crippen molar-refractivity contribution >= 4 is 42.8 Å². The number of ether oxygens (including phenoxy) is 1. The van der Waals surface area contributed by atoms with Crippen molar-refractivity contribution in [3.63, 3.8) is 0 Å². The Bertz CT molecular complexity index is 1010. The number of carbonyl (C=O) groups is 1. The van der Waals surface area contributed by atoms with Crippen LogP contribution in [0.3, 0.4) is 0 Å². The summed E-state index contributed by atoms with van der Waals surface area (Å²) in [7, 11) is -2.56. The lowest BCUT2D eigenvalue weighted by atomic mass is 10.2. The zero-order chi connectivity index (χ0) is 17.3. The Kier molecular flexibility index (Phi) is 4.42. The van der Waals surface area contributed by atoms with Crippen LogP contribution in [0.25, 0.3) is 11.0 Å². The van der Waals surface area contributed by atoms with Crippen LogP contribution in [0.4, 0.5) is 0 Å². The zero-order valence-corrected chi connectivity index (χ0v) is 15.0. The monoisotopic (exact) mass is 408 g/mol. The van der Waals surface area contributed by atoms with Crippen molar-refractivity contribution in [3.8, 4) is 0 Å². The van der Waals surface area contributed by atoms with Crippen molar-refractivity contribution in [3.05, 3.63) is 53.9 Å². The van der Waals surface area contributed by atoms with Crippen LogP contribution in [0.1, 0.15) is 16.1 Å². The fraction of sp³-hybridized carbons (Fsp3) is 0.125. The number of carbonyl (C=O) groups excluding carboxylic acids is 1. The number of aromatic nitrogens is 2. The van der Waals surface area contributed by atoms with E-state index in [-0.39, 0.29) is 20.7 Å². The van der Waals surface area contributed by atoms with E-state index in [0.717, 1.165) is 0 Å². The van der Waals surface area contributed by atoms with Gasteiger partial charge in [-0.05, 0) is 18.2 Å². The highest BCUT2D eigenvalue weighted by molar-refractivity contribution is 9.08. The van der Waals surface area contributed by atoms with E-state index in [0.29, 0.717) is 16.7 Å². The van der Waals surface area contributed by atoms with E-state index in [1.165, 1.54) is 31.5 Å². The third-order valence-corrected chi connectivity index (χ3v) is 5.97. The molecule has 8 heteroatoms. The summed E-state index contributed by atoms with van der Waals surface area (Å²) in [5.41, 5.74) is 1.01. The van der Waals surface area contributed by atoms with E-state index in [9.17, 15) is 13.2 Å². The number of halogens is 1. The molecule has 24 heavy (non-hydrogen) atoms. The second kappa shape index (κ2) is 6.37. The summed E-state index contributed by atoms with van der Waals surface area (Å²) in [4.78, 5) is 19.5. The first-order valence-electron chi connectivity index (χ1n) is 6.94. The number of methoxy groups -OCH3 is 1. The number of nitrogens with one attached hydrogen (secondary N) is 1. The van der Waals surface area contributed by atoms with Gasteiger partial charge in [0.25, 0.3) is 0 Å². The van der Waals surface area contributed by atoms with Crippen molar-refractivity contribution in [2.75, 3.05) is 7.11 Å². The molecule has 2 heterocycles. The molecule has 0 amide bonds. The first-order chi connectivity index (χ1) is 11.5. The summed E-state index contributed by atoms with van der Waals surface area (Å²) in [6.07, 6.45) is 1.40. The average molecular weight is 409 g/mol. The fourth-order valence-corrected chi connectivity index (χ4v) is 4.41. The van der Waals surface area contributed by atoms with E-state index in [2.05, 4.69) is 25.9 Å². The largest absolute Gasteiger partial charge is 0.465 e. The molecule has 0 bridgehead atoms. The Morgan fingerprint density at radius 3 is 2.58 bits per heavy atom. The number of benzene rings is 1. The van der Waals surface area contributed by atoms with Crippen molar-refractivity contribution < 1.29 is 17.9 Å². The third-order valence-electron chi connectivity index (χ3n) is 3.60. The lowest BCUT2D eigenvalue weighted by molar-refractivity contribution is 0.0602. The molecule has 124 valence electrons. The van der Waals surface area contributed by atoms with Crippen LogP contribution >= 0.6 is 15.9 Å². The lowest BCUT2D eigenvalue weighted by Gasteiger charge is -2.07. The molecule has 6 nitrogen and oxygen atoms in total. The van der Waals surface area contributed by atoms with Crippen LogP contribution in [-0.4, -0.2) is 31.5 Å². The van der Waals surface area contributed by atoms with Crippen LogP contribution < -0.4 is 0 Å². The minimum atomic E-state index is -3.81. The van der Waals surface area contributed by atoms with E-state index in [4.69, 9.17) is 4.74 Å². The molecule has 0 aliphatic heterocycles. The second-order valence-electron chi connectivity index (χ2n) is 4.95. The topological polar surface area (TPSA) is 89.1 Å². The van der Waals surface area contributed by atoms with Gasteiger partial charge in [0.1, 0.15) is 5.65 Å². The number of rotatable bonds is 4. The summed E-state index contributed by atoms with van der Waals surface area (Å²) < 4.78 is 30.8. The molecule has 3 rings (SSSR count). The van der Waals surface area contributed by atoms with E-state index >= 15 is 0 Å². The van der Waals surface area contributed by atoms with Crippen molar-refractivity contribution in [2.24, 2.45) is 0 Å². The summed E-state index contributed by atoms with van der Waals surface area (Å²) in [5.74, 6) is -0.617. The third kappa shape index (κ3) is 2.61. The molecule has 0 aliphatic carbocycles. The summed E-state index contributed by atoms with van der Waals surface area (Å²) >= 11 is 3.29. The predicted octanol–water partition coefficient (Wildman–Crippen LogP) is 3.08. The highest BCUT2D eigenvalue weighted by Gasteiger charge is 2.28. The van der Waals surface area contributed by atoms with E-state index < -0.39 is 15.8 Å². The minimum absolute atomic E-state index is 0.0163. The van der Waals surface area contributed by atoms with Gasteiger partial charge in [-0.2, -0.15) is 0 Å². The second-order valence-corrected chi connectivity index (χ2v) is 7.43. The van der Waals surface area contributed by atoms with Gasteiger partial charge in [0.2, 0.25) is 9.84 Å². The number of hydrogen-bond donors (Lipinski definition) is 1. The number of nitrogens with zero attached hydrogens (tertiary/aromatic N) is 1. The molecule has 0 saturated carbocycles. The molecule has 0 spiro atoms. The normalized spacial score (nSPS) is 11.6. The summed E-state index contributed by atoms with van der Waals surface area (Å²) in [5, 5.41) is 0.571. The van der Waals surface area contributed by atoms with Gasteiger partial charge in [-0.25, -0.2) is 18.2 Å². The van der Waals surface area contributed by atoms with Crippen LogP contribution in [0.15, 0.2) is 52.4 Å². The Morgan fingerprint density at radius 2 is 1.96 bits per heavy atom. The number of pyridine rings is 1. The number of esters is 1. The van der Waals surface area contributed by atoms with Crippen molar-refractivity contribution in [1.29, 1.82) is 0 Å². The Morgan fingerprint density at radius 1 is 1.25 bits per heavy atom. The molecular weight excluding hydrogens is 396 g/mol. The first-order valence-corrected chi connectivity index (χ1v) is 9.55. The number of sulfone groups is 1. The van der Waals surface area contributed by atoms with Crippen LogP contribution in [0, 0.1) is 0 Å². The maximum absolute atomic E-state index is 13.0. The maximum Gasteiger partial charge on any atom is 0.340 e. The van der Waals surface area contributed by atoms with E-state index in [1.807, 2.05) is 0 Å². The standard InChI is InChI=1S/C16H13BrN2O4S/c1-23-16(20)13-11(9-17)19-15-14(13)12(7-8-18-15)24(21,22)10-5-3-2-4-6-10/h2-8H,9H2,1H3,(H,18,19). The Hall–Kier alpha value is -2.19. The van der Waals surface area contributed by atoms with Gasteiger partial charge in [0.05, 0.1) is 27.9 Å². The quantitative estimate of drug-likeness (QED) is 0.529. The molecule has 2 aromatic heterocycles. The summed E-state index contributed by atoms with van der Waals surface area (Å²) in [6, 6.07) is 9.44. The van der Waals surface area contributed by atoms with Crippen LogP contribution in [-0.2, 0) is 19.9 Å². The number of fused-ring (bicyclic) bond motifs is 1. The van der Waals surface area contributed by atoms with E-state index in [1.54, 1.807) is 18.2 Å². The zero-order valence-electron chi connectivity index (χ0n) is 12.6. The molecule has 3 aromatic rings. The lowest BCUT2D eigenvalue weighted by Crippen LogP contribution is -2.07. The smallest absolute Gasteiger partial charge is 0.340 e. The number of alkyl halides is 1. The van der Waals surface area contributed by atoms with Gasteiger partial charge in [-0.15, -0.1) is 0 Å². The first kappa shape index (κ1) is 16.7. The number of H-pyrrole nitrogens is 1. The molecule has 0 fully saturated rings. The average Bonchev–Trinajstić information content (AvgIpc) is 3.00. The highest BCUT2D eigenvalue weighted by atomic mass is 79.9. The number of hydrogen-bond acceptors (Lipinski definition) is 5. The van der Waals surface area contributed by atoms with Gasteiger partial charge < -0.3 is 9.72 Å². The predicted molar refractivity (Wildman–Crippen MR) is 92.0 cm³/mol. The molecule has 0 saturated heterocycles. The van der Waals surface area contributed by atoms with Gasteiger partial charge in [0.15, 0.2) is 0 Å². The minimum Gasteiger partial charge on any atom is -0.465 e. The number of aromatic amines is 1. The molecule has 1 aromatic carbocycles. The van der Waals surface area contributed by atoms with Crippen LogP contribution in [0.5, 0.6) is 0 Å². The molecule has 0 atom stereocenters. The SMILES string of the molecule is COC(=O)c1c(CBr)[nH]c2nccc(S(=O)(=O)c3ccccc3)c12. The van der Waals surface area contributed by atoms with Crippen molar-refractivity contribution in [2.45, 2.75) is 15.1 Å². The molecular formula is C16H13BrN2O4S. The van der Waals surface area contributed by atoms with Crippen molar-refractivity contribution in [1.82, 2.24) is 9.97 Å². The fourth-order valence-electron chi connectivity index (χ4n) is 2.51. The van der Waals surface area contributed by atoms with Gasteiger partial charge in [-0.3, -0.25) is 0 Å². The summed E-state index contributed by atoms with van der Waals surface area (Å²) in [6.45, 7) is 0. The molecule has 0 aliphatic rings.